The van der Waals surface area contributed by atoms with Gasteiger partial charge in [0.05, 0.1) is 7.11 Å². The van der Waals surface area contributed by atoms with Gasteiger partial charge in [-0.2, -0.15) is 0 Å². The molecule has 0 aliphatic rings. The van der Waals surface area contributed by atoms with Gasteiger partial charge >= 0.3 is 6.09 Å². The molecule has 0 saturated heterocycles. The van der Waals surface area contributed by atoms with Crippen molar-refractivity contribution in [1.29, 1.82) is 0 Å². The fraction of sp³-hybridized carbons (Fsp3) is 0.714. The molecule has 0 aromatic carbocycles. The zero-order valence-corrected chi connectivity index (χ0v) is 7.74. The zero-order chi connectivity index (χ0) is 10.3. The van der Waals surface area contributed by atoms with E-state index in [2.05, 4.69) is 10.2 Å². The van der Waals surface area contributed by atoms with Crippen LogP contribution in [0.5, 0.6) is 0 Å². The largest absolute Gasteiger partial charge is 0.465 e. The number of hydroxylamine groups is 2. The van der Waals surface area contributed by atoms with Crippen LogP contribution in [-0.2, 0) is 9.63 Å². The minimum Gasteiger partial charge on any atom is -0.465 e. The Kier molecular flexibility index (Phi) is 5.62. The summed E-state index contributed by atoms with van der Waals surface area (Å²) >= 11 is 0. The SMILES string of the molecule is CON(C)C(=O)CCCNC(=O)O. The predicted molar refractivity (Wildman–Crippen MR) is 45.0 cm³/mol. The van der Waals surface area contributed by atoms with Crippen LogP contribution < -0.4 is 5.32 Å². The average Bonchev–Trinajstić information content (AvgIpc) is 2.10. The van der Waals surface area contributed by atoms with Gasteiger partial charge in [-0.3, -0.25) is 9.63 Å². The maximum absolute atomic E-state index is 11.0. The lowest BCUT2D eigenvalue weighted by molar-refractivity contribution is -0.168. The molecule has 0 radical (unpaired) electrons. The van der Waals surface area contributed by atoms with E-state index in [1.165, 1.54) is 14.2 Å². The first-order chi connectivity index (χ1) is 6.07. The van der Waals surface area contributed by atoms with Crippen LogP contribution in [0.15, 0.2) is 0 Å². The van der Waals surface area contributed by atoms with E-state index in [1.807, 2.05) is 0 Å². The molecule has 0 aliphatic heterocycles. The number of hydrogen-bond donors (Lipinski definition) is 2. The van der Waals surface area contributed by atoms with Crippen molar-refractivity contribution in [3.63, 3.8) is 0 Å². The van der Waals surface area contributed by atoms with E-state index in [9.17, 15) is 9.59 Å². The van der Waals surface area contributed by atoms with Crippen LogP contribution in [0.2, 0.25) is 0 Å². The highest BCUT2D eigenvalue weighted by molar-refractivity contribution is 5.74. The molecule has 0 fully saturated rings. The Morgan fingerprint density at radius 1 is 1.54 bits per heavy atom. The van der Waals surface area contributed by atoms with Crippen molar-refractivity contribution in [1.82, 2.24) is 10.4 Å². The van der Waals surface area contributed by atoms with Crippen LogP contribution in [0.4, 0.5) is 4.79 Å². The number of carbonyl (C=O) groups is 2. The van der Waals surface area contributed by atoms with Gasteiger partial charge in [0.25, 0.3) is 0 Å². The van der Waals surface area contributed by atoms with Gasteiger partial charge in [0.2, 0.25) is 5.91 Å². The fourth-order valence-corrected chi connectivity index (χ4v) is 0.694. The van der Waals surface area contributed by atoms with Crippen LogP contribution in [-0.4, -0.2) is 42.9 Å². The molecule has 0 saturated carbocycles. The normalized spacial score (nSPS) is 9.38. The number of nitrogens with zero attached hydrogens (tertiary/aromatic N) is 1. The Bertz CT molecular complexity index is 183. The number of rotatable bonds is 5. The molecule has 6 nitrogen and oxygen atoms in total. The van der Waals surface area contributed by atoms with Crippen molar-refractivity contribution in [3.8, 4) is 0 Å². The van der Waals surface area contributed by atoms with Gasteiger partial charge in [0, 0.05) is 20.0 Å². The first-order valence-corrected chi connectivity index (χ1v) is 3.85. The summed E-state index contributed by atoms with van der Waals surface area (Å²) in [5, 5.41) is 11.5. The Morgan fingerprint density at radius 2 is 2.15 bits per heavy atom. The summed E-state index contributed by atoms with van der Waals surface area (Å²) in [5.74, 6) is -0.172. The lowest BCUT2D eigenvalue weighted by Crippen LogP contribution is -2.27. The standard InChI is InChI=1S/C7H14N2O4/c1-9(13-2)6(10)4-3-5-8-7(11)12/h8H,3-5H2,1-2H3,(H,11,12). The fourth-order valence-electron chi connectivity index (χ4n) is 0.694. The second-order valence-electron chi connectivity index (χ2n) is 2.41. The molecule has 2 N–H and O–H groups in total. The molecule has 6 heteroatoms. The van der Waals surface area contributed by atoms with E-state index in [0.29, 0.717) is 6.42 Å². The smallest absolute Gasteiger partial charge is 0.404 e. The monoisotopic (exact) mass is 190 g/mol. The first-order valence-electron chi connectivity index (χ1n) is 3.85. The molecule has 0 heterocycles. The third-order valence-electron chi connectivity index (χ3n) is 1.47. The highest BCUT2D eigenvalue weighted by Crippen LogP contribution is 1.94. The van der Waals surface area contributed by atoms with Gasteiger partial charge in [-0.15, -0.1) is 0 Å². The van der Waals surface area contributed by atoms with Gasteiger partial charge in [0.15, 0.2) is 0 Å². The molecule has 0 atom stereocenters. The molecular weight excluding hydrogens is 176 g/mol. The van der Waals surface area contributed by atoms with Crippen molar-refractivity contribution in [2.45, 2.75) is 12.8 Å². The average molecular weight is 190 g/mol. The van der Waals surface area contributed by atoms with Crippen LogP contribution in [0.1, 0.15) is 12.8 Å². The molecule has 0 spiro atoms. The predicted octanol–water partition coefficient (Wildman–Crippen LogP) is 0.0540. The van der Waals surface area contributed by atoms with Crippen molar-refractivity contribution < 1.29 is 19.5 Å². The van der Waals surface area contributed by atoms with Gasteiger partial charge in [-0.05, 0) is 6.42 Å². The highest BCUT2D eigenvalue weighted by atomic mass is 16.7. The number of carboxylic acid groups (broad SMARTS) is 1. The lowest BCUT2D eigenvalue weighted by atomic mass is 10.3. The zero-order valence-electron chi connectivity index (χ0n) is 7.74. The summed E-state index contributed by atoms with van der Waals surface area (Å²) in [6.07, 6.45) is -0.337. The van der Waals surface area contributed by atoms with Gasteiger partial charge in [0.1, 0.15) is 0 Å². The van der Waals surface area contributed by atoms with E-state index in [0.717, 1.165) is 5.06 Å². The second-order valence-corrected chi connectivity index (χ2v) is 2.41. The van der Waals surface area contributed by atoms with Crippen LogP contribution in [0, 0.1) is 0 Å². The van der Waals surface area contributed by atoms with Crippen molar-refractivity contribution in [2.24, 2.45) is 0 Å². The van der Waals surface area contributed by atoms with E-state index < -0.39 is 6.09 Å². The summed E-state index contributed by atoms with van der Waals surface area (Å²) in [6, 6.07) is 0. The molecule has 0 bridgehead atoms. The molecule has 0 aromatic heterocycles. The van der Waals surface area contributed by atoms with E-state index in [-0.39, 0.29) is 18.9 Å². The van der Waals surface area contributed by atoms with Gasteiger partial charge < -0.3 is 10.4 Å². The minimum absolute atomic E-state index is 0.172. The van der Waals surface area contributed by atoms with E-state index in [1.54, 1.807) is 0 Å². The number of hydrogen-bond acceptors (Lipinski definition) is 3. The summed E-state index contributed by atoms with van der Waals surface area (Å²) in [5.41, 5.74) is 0. The van der Waals surface area contributed by atoms with Crippen molar-refractivity contribution in [3.05, 3.63) is 0 Å². The lowest BCUT2D eigenvalue weighted by Gasteiger charge is -2.12. The maximum Gasteiger partial charge on any atom is 0.404 e. The highest BCUT2D eigenvalue weighted by Gasteiger charge is 2.06. The Balaban J connectivity index is 3.42. The first kappa shape index (κ1) is 11.7. The number of carbonyl (C=O) groups excluding carboxylic acids is 1. The molecule has 0 aliphatic carbocycles. The topological polar surface area (TPSA) is 78.9 Å². The molecule has 0 rings (SSSR count). The Hall–Kier alpha value is -1.30. The van der Waals surface area contributed by atoms with Gasteiger partial charge in [-0.1, -0.05) is 0 Å². The Morgan fingerprint density at radius 3 is 2.62 bits per heavy atom. The summed E-state index contributed by atoms with van der Waals surface area (Å²) in [4.78, 5) is 25.7. The third-order valence-corrected chi connectivity index (χ3v) is 1.47. The van der Waals surface area contributed by atoms with E-state index >= 15 is 0 Å². The van der Waals surface area contributed by atoms with Gasteiger partial charge in [-0.25, -0.2) is 9.86 Å². The summed E-state index contributed by atoms with van der Waals surface area (Å²) in [7, 11) is 2.90. The second kappa shape index (κ2) is 6.24. The summed E-state index contributed by atoms with van der Waals surface area (Å²) in [6.45, 7) is 0.276. The molecule has 13 heavy (non-hydrogen) atoms. The maximum atomic E-state index is 11.0. The van der Waals surface area contributed by atoms with Crippen LogP contribution in [0.25, 0.3) is 0 Å². The molecular formula is C7H14N2O4. The number of amides is 2. The van der Waals surface area contributed by atoms with Crippen molar-refractivity contribution in [2.75, 3.05) is 20.7 Å². The van der Waals surface area contributed by atoms with E-state index in [4.69, 9.17) is 5.11 Å². The van der Waals surface area contributed by atoms with Crippen LogP contribution in [0.3, 0.4) is 0 Å². The molecule has 0 aromatic rings. The quantitative estimate of drug-likeness (QED) is 0.474. The molecule has 76 valence electrons. The number of nitrogens with one attached hydrogen (secondary N) is 1. The Labute approximate surface area is 76.4 Å². The summed E-state index contributed by atoms with van der Waals surface area (Å²) < 4.78 is 0. The van der Waals surface area contributed by atoms with Crippen molar-refractivity contribution >= 4 is 12.0 Å². The third kappa shape index (κ3) is 5.92. The minimum atomic E-state index is -1.08. The molecule has 0 unspecified atom stereocenters. The van der Waals surface area contributed by atoms with Crippen LogP contribution >= 0.6 is 0 Å². The molecule has 2 amide bonds.